The highest BCUT2D eigenvalue weighted by atomic mass is 35.5. The molecule has 2 atom stereocenters. The van der Waals surface area contributed by atoms with Crippen LogP contribution in [0, 0.1) is 0 Å². The van der Waals surface area contributed by atoms with Crippen LogP contribution in [0.15, 0.2) is 52.9 Å². The Labute approximate surface area is 201 Å². The van der Waals surface area contributed by atoms with E-state index < -0.39 is 6.10 Å². The number of fused-ring (bicyclic) bond motifs is 1. The first-order valence-corrected chi connectivity index (χ1v) is 11.6. The smallest absolute Gasteiger partial charge is 0.289 e. The molecule has 0 aliphatic carbocycles. The quantitative estimate of drug-likeness (QED) is 0.612. The molecule has 9 heteroatoms. The highest BCUT2D eigenvalue weighted by Crippen LogP contribution is 2.26. The number of furan rings is 1. The molecule has 3 heterocycles. The van der Waals surface area contributed by atoms with Crippen LogP contribution in [0.5, 0.6) is 0 Å². The summed E-state index contributed by atoms with van der Waals surface area (Å²) in [7, 11) is 0. The van der Waals surface area contributed by atoms with Gasteiger partial charge < -0.3 is 19.3 Å². The van der Waals surface area contributed by atoms with Crippen LogP contribution >= 0.6 is 23.2 Å². The molecule has 2 aromatic carbocycles. The van der Waals surface area contributed by atoms with Crippen molar-refractivity contribution in [3.63, 3.8) is 0 Å². The number of aliphatic hydroxyl groups excluding tert-OH is 1. The van der Waals surface area contributed by atoms with Crippen LogP contribution in [0.4, 0.5) is 0 Å². The third-order valence-electron chi connectivity index (χ3n) is 6.40. The summed E-state index contributed by atoms with van der Waals surface area (Å²) >= 11 is 11.9. The summed E-state index contributed by atoms with van der Waals surface area (Å²) < 4.78 is 5.71. The topological polar surface area (TPSA) is 77.2 Å². The predicted octanol–water partition coefficient (Wildman–Crippen LogP) is 3.38. The van der Waals surface area contributed by atoms with Crippen LogP contribution < -0.4 is 0 Å². The number of β-amino-alcohol motifs (C(OH)–C–C–N with tert-alkyl or cyclic N) is 1. The van der Waals surface area contributed by atoms with Crippen LogP contribution in [0.1, 0.15) is 20.9 Å². The number of aliphatic hydroxyl groups is 1. The number of piperazine rings is 1. The maximum Gasteiger partial charge on any atom is 0.289 e. The Morgan fingerprint density at radius 2 is 1.55 bits per heavy atom. The average molecular weight is 488 g/mol. The summed E-state index contributed by atoms with van der Waals surface area (Å²) in [4.78, 5) is 31.3. The van der Waals surface area contributed by atoms with Gasteiger partial charge in [-0.25, -0.2) is 0 Å². The molecule has 7 nitrogen and oxygen atoms in total. The lowest BCUT2D eigenvalue weighted by molar-refractivity contribution is 0.0376. The first-order chi connectivity index (χ1) is 15.9. The van der Waals surface area contributed by atoms with E-state index in [-0.39, 0.29) is 30.2 Å². The van der Waals surface area contributed by atoms with Gasteiger partial charge in [0.1, 0.15) is 5.58 Å². The van der Waals surface area contributed by atoms with Crippen molar-refractivity contribution in [2.24, 2.45) is 0 Å². The zero-order valence-corrected chi connectivity index (χ0v) is 19.3. The molecule has 1 N–H and O–H groups in total. The number of hydrogen-bond acceptors (Lipinski definition) is 5. The Hall–Kier alpha value is -2.58. The summed E-state index contributed by atoms with van der Waals surface area (Å²) in [5.41, 5.74) is 1.21. The molecule has 2 aliphatic heterocycles. The number of hydrogen-bond donors (Lipinski definition) is 1. The number of rotatable bonds is 3. The van der Waals surface area contributed by atoms with E-state index in [1.807, 2.05) is 4.90 Å². The molecule has 172 valence electrons. The van der Waals surface area contributed by atoms with Crippen molar-refractivity contribution in [1.82, 2.24) is 14.7 Å². The molecule has 5 rings (SSSR count). The Balaban J connectivity index is 1.21. The minimum atomic E-state index is -0.661. The molecule has 1 aromatic heterocycles. The van der Waals surface area contributed by atoms with Crippen molar-refractivity contribution < 1.29 is 19.1 Å². The molecule has 2 aliphatic rings. The first kappa shape index (κ1) is 22.2. The fourth-order valence-corrected chi connectivity index (χ4v) is 4.91. The predicted molar refractivity (Wildman–Crippen MR) is 126 cm³/mol. The maximum atomic E-state index is 13.0. The van der Waals surface area contributed by atoms with Crippen molar-refractivity contribution >= 4 is 46.0 Å². The summed E-state index contributed by atoms with van der Waals surface area (Å²) in [5.74, 6) is -0.0426. The van der Waals surface area contributed by atoms with Crippen LogP contribution in [0.2, 0.25) is 10.0 Å². The number of carbonyl (C=O) groups is 2. The van der Waals surface area contributed by atoms with Crippen molar-refractivity contribution in [2.45, 2.75) is 12.1 Å². The summed E-state index contributed by atoms with van der Waals surface area (Å²) in [6, 6.07) is 13.6. The van der Waals surface area contributed by atoms with E-state index in [0.717, 1.165) is 5.39 Å². The van der Waals surface area contributed by atoms with Gasteiger partial charge in [-0.15, -0.1) is 0 Å². The van der Waals surface area contributed by atoms with E-state index in [0.29, 0.717) is 53.9 Å². The van der Waals surface area contributed by atoms with Gasteiger partial charge in [-0.2, -0.15) is 0 Å². The largest absolute Gasteiger partial charge is 0.451 e. The third kappa shape index (κ3) is 4.46. The molecule has 33 heavy (non-hydrogen) atoms. The minimum absolute atomic E-state index is 0.0277. The molecule has 2 fully saturated rings. The van der Waals surface area contributed by atoms with Crippen LogP contribution in [-0.2, 0) is 0 Å². The highest BCUT2D eigenvalue weighted by molar-refractivity contribution is 6.31. The number of benzene rings is 2. The van der Waals surface area contributed by atoms with Crippen molar-refractivity contribution in [1.29, 1.82) is 0 Å². The number of carbonyl (C=O) groups excluding carboxylic acids is 2. The summed E-state index contributed by atoms with van der Waals surface area (Å²) in [6.07, 6.45) is -0.661. The van der Waals surface area contributed by atoms with Gasteiger partial charge >= 0.3 is 0 Å². The van der Waals surface area contributed by atoms with Gasteiger partial charge in [-0.3, -0.25) is 14.5 Å². The molecule has 2 unspecified atom stereocenters. The van der Waals surface area contributed by atoms with Crippen LogP contribution in [-0.4, -0.2) is 83.0 Å². The lowest BCUT2D eigenvalue weighted by atomic mass is 10.1. The SMILES string of the molecule is O=C(c1ccc(Cl)cc1)N1CCN(C2CN(C(=O)c3cc4cc(Cl)ccc4o3)CC2O)CC1. The van der Waals surface area contributed by atoms with E-state index in [9.17, 15) is 14.7 Å². The average Bonchev–Trinajstić information content (AvgIpc) is 3.42. The van der Waals surface area contributed by atoms with E-state index in [4.69, 9.17) is 27.6 Å². The van der Waals surface area contributed by atoms with E-state index in [1.165, 1.54) is 0 Å². The Kier molecular flexibility index (Phi) is 6.05. The number of nitrogens with zero attached hydrogens (tertiary/aromatic N) is 3. The lowest BCUT2D eigenvalue weighted by Crippen LogP contribution is -2.54. The molecule has 0 spiro atoms. The number of amides is 2. The van der Waals surface area contributed by atoms with Crippen molar-refractivity contribution in [3.8, 4) is 0 Å². The van der Waals surface area contributed by atoms with Gasteiger partial charge in [0.25, 0.3) is 11.8 Å². The number of likely N-dealkylation sites (tertiary alicyclic amines) is 1. The second kappa shape index (κ2) is 8.99. The monoisotopic (exact) mass is 487 g/mol. The van der Waals surface area contributed by atoms with Crippen molar-refractivity contribution in [3.05, 3.63) is 69.9 Å². The van der Waals surface area contributed by atoms with E-state index in [1.54, 1.807) is 53.4 Å². The van der Waals surface area contributed by atoms with Gasteiger partial charge in [-0.1, -0.05) is 23.2 Å². The zero-order chi connectivity index (χ0) is 23.1. The Morgan fingerprint density at radius 1 is 0.848 bits per heavy atom. The molecule has 0 bridgehead atoms. The molecule has 0 radical (unpaired) electrons. The second-order valence-electron chi connectivity index (χ2n) is 8.47. The van der Waals surface area contributed by atoms with Gasteiger partial charge in [0.05, 0.1) is 12.1 Å². The van der Waals surface area contributed by atoms with Gasteiger partial charge in [0.2, 0.25) is 0 Å². The highest BCUT2D eigenvalue weighted by Gasteiger charge is 2.40. The second-order valence-corrected chi connectivity index (χ2v) is 9.35. The Bertz CT molecular complexity index is 1190. The van der Waals surface area contributed by atoms with Crippen LogP contribution in [0.3, 0.4) is 0 Å². The molecular weight excluding hydrogens is 465 g/mol. The van der Waals surface area contributed by atoms with Crippen molar-refractivity contribution in [2.75, 3.05) is 39.3 Å². The van der Waals surface area contributed by atoms with E-state index in [2.05, 4.69) is 4.90 Å². The minimum Gasteiger partial charge on any atom is -0.451 e. The lowest BCUT2D eigenvalue weighted by Gasteiger charge is -2.38. The molecule has 3 aromatic rings. The molecule has 2 saturated heterocycles. The van der Waals surface area contributed by atoms with Gasteiger partial charge in [-0.05, 0) is 48.5 Å². The maximum absolute atomic E-state index is 13.0. The zero-order valence-electron chi connectivity index (χ0n) is 17.8. The van der Waals surface area contributed by atoms with E-state index >= 15 is 0 Å². The fourth-order valence-electron chi connectivity index (χ4n) is 4.60. The third-order valence-corrected chi connectivity index (χ3v) is 6.88. The van der Waals surface area contributed by atoms with Crippen LogP contribution in [0.25, 0.3) is 11.0 Å². The standard InChI is InChI=1S/C24H23Cl2N3O4/c25-17-3-1-15(2-4-17)23(31)28-9-7-27(8-10-28)19-13-29(14-20(19)30)24(32)22-12-16-11-18(26)5-6-21(16)33-22/h1-6,11-12,19-20,30H,7-10,13-14H2. The molecular formula is C24H23Cl2N3O4. The van der Waals surface area contributed by atoms with Gasteiger partial charge in [0, 0.05) is 60.3 Å². The molecule has 0 saturated carbocycles. The van der Waals surface area contributed by atoms with Gasteiger partial charge in [0.15, 0.2) is 5.76 Å². The Morgan fingerprint density at radius 3 is 2.27 bits per heavy atom. The fraction of sp³-hybridized carbons (Fsp3) is 0.333. The summed E-state index contributed by atoms with van der Waals surface area (Å²) in [6.45, 7) is 3.03. The normalized spacial score (nSPS) is 21.7. The molecule has 2 amide bonds. The number of halogens is 2. The summed E-state index contributed by atoms with van der Waals surface area (Å²) in [5, 5.41) is 12.6. The first-order valence-electron chi connectivity index (χ1n) is 10.8.